The van der Waals surface area contributed by atoms with Crippen LogP contribution in [0.15, 0.2) is 29.5 Å². The lowest BCUT2D eigenvalue weighted by molar-refractivity contribution is 0.266. The van der Waals surface area contributed by atoms with Gasteiger partial charge in [0.15, 0.2) is 5.96 Å². The van der Waals surface area contributed by atoms with Gasteiger partial charge in [0.2, 0.25) is 0 Å². The molecule has 0 saturated carbocycles. The summed E-state index contributed by atoms with van der Waals surface area (Å²) in [5.74, 6) is 1.78. The molecule has 2 aromatic rings. The van der Waals surface area contributed by atoms with E-state index in [-0.39, 0.29) is 24.0 Å². The first-order valence-corrected chi connectivity index (χ1v) is 8.56. The second-order valence-corrected chi connectivity index (χ2v) is 6.57. The number of imidazole rings is 1. The molecule has 3 heterocycles. The number of aryl methyl sites for hydroxylation is 1. The summed E-state index contributed by atoms with van der Waals surface area (Å²) in [5.41, 5.74) is 3.39. The molecule has 0 aromatic carbocycles. The zero-order valence-electron chi connectivity index (χ0n) is 14.8. The maximum Gasteiger partial charge on any atom is 0.193 e. The highest BCUT2D eigenvalue weighted by Crippen LogP contribution is 2.15. The zero-order valence-corrected chi connectivity index (χ0v) is 17.2. The highest BCUT2D eigenvalue weighted by atomic mass is 127. The van der Waals surface area contributed by atoms with Gasteiger partial charge in [0.1, 0.15) is 5.65 Å². The molecule has 3 rings (SSSR count). The molecule has 132 valence electrons. The van der Waals surface area contributed by atoms with E-state index in [9.17, 15) is 0 Å². The lowest BCUT2D eigenvalue weighted by Gasteiger charge is -2.33. The Bertz CT molecular complexity index is 694. The molecule has 1 unspecified atom stereocenters. The monoisotopic (exact) mass is 441 g/mol. The Morgan fingerprint density at radius 2 is 2.29 bits per heavy atom. The standard InChI is InChI=1S/C18H27N5.HI/c1-14-6-4-11-23(12-14)18(19-3)20-9-8-16-13-22-10-5-7-15(2)17(22)21-16;/h5,7,10,13-14H,4,6,8-9,11-12H2,1-3H3,(H,19,20);1H. The lowest BCUT2D eigenvalue weighted by atomic mass is 10.0. The molecule has 1 fully saturated rings. The molecule has 1 aliphatic rings. The van der Waals surface area contributed by atoms with Crippen LogP contribution in [-0.2, 0) is 6.42 Å². The summed E-state index contributed by atoms with van der Waals surface area (Å²) in [4.78, 5) is 11.5. The van der Waals surface area contributed by atoms with Crippen LogP contribution in [0.1, 0.15) is 31.0 Å². The Kier molecular flexibility index (Phi) is 6.89. The second-order valence-electron chi connectivity index (χ2n) is 6.57. The van der Waals surface area contributed by atoms with Gasteiger partial charge in [-0.1, -0.05) is 13.0 Å². The summed E-state index contributed by atoms with van der Waals surface area (Å²) in [7, 11) is 1.87. The Balaban J connectivity index is 0.00000208. The Morgan fingerprint density at radius 3 is 3.00 bits per heavy atom. The molecule has 0 aliphatic carbocycles. The van der Waals surface area contributed by atoms with E-state index in [1.165, 1.54) is 18.4 Å². The molecule has 24 heavy (non-hydrogen) atoms. The largest absolute Gasteiger partial charge is 0.356 e. The van der Waals surface area contributed by atoms with Crippen LogP contribution in [0, 0.1) is 12.8 Å². The average molecular weight is 441 g/mol. The van der Waals surface area contributed by atoms with E-state index in [2.05, 4.69) is 58.0 Å². The van der Waals surface area contributed by atoms with Crippen LogP contribution in [0.3, 0.4) is 0 Å². The van der Waals surface area contributed by atoms with Crippen molar-refractivity contribution in [2.75, 3.05) is 26.7 Å². The van der Waals surface area contributed by atoms with E-state index in [1.54, 1.807) is 0 Å². The number of pyridine rings is 1. The molecule has 5 nitrogen and oxygen atoms in total. The fourth-order valence-electron chi connectivity index (χ4n) is 3.34. The molecule has 0 amide bonds. The van der Waals surface area contributed by atoms with Gasteiger partial charge in [-0.2, -0.15) is 0 Å². The summed E-state index contributed by atoms with van der Waals surface area (Å²) in [6.45, 7) is 7.49. The highest BCUT2D eigenvalue weighted by Gasteiger charge is 2.18. The van der Waals surface area contributed by atoms with Gasteiger partial charge in [0.25, 0.3) is 0 Å². The highest BCUT2D eigenvalue weighted by molar-refractivity contribution is 14.0. The number of halogens is 1. The third kappa shape index (κ3) is 4.40. The van der Waals surface area contributed by atoms with Gasteiger partial charge in [0.05, 0.1) is 5.69 Å². The topological polar surface area (TPSA) is 44.9 Å². The number of piperidine rings is 1. The number of aromatic nitrogens is 2. The summed E-state index contributed by atoms with van der Waals surface area (Å²) in [5, 5.41) is 3.49. The Labute approximate surface area is 161 Å². The Morgan fingerprint density at radius 1 is 1.46 bits per heavy atom. The van der Waals surface area contributed by atoms with E-state index >= 15 is 0 Å². The normalized spacial score (nSPS) is 18.5. The van der Waals surface area contributed by atoms with E-state index < -0.39 is 0 Å². The van der Waals surface area contributed by atoms with Crippen molar-refractivity contribution in [1.29, 1.82) is 0 Å². The van der Waals surface area contributed by atoms with Gasteiger partial charge in [-0.05, 0) is 37.3 Å². The minimum atomic E-state index is 0. The number of guanidine groups is 1. The summed E-state index contributed by atoms with van der Waals surface area (Å²) in [6, 6.07) is 4.16. The number of likely N-dealkylation sites (tertiary alicyclic amines) is 1. The van der Waals surface area contributed by atoms with Crippen molar-refractivity contribution in [3.8, 4) is 0 Å². The quantitative estimate of drug-likeness (QED) is 0.453. The molecular formula is C18H28IN5. The van der Waals surface area contributed by atoms with Gasteiger partial charge in [-0.25, -0.2) is 4.98 Å². The number of aliphatic imine (C=N–C) groups is 1. The van der Waals surface area contributed by atoms with Crippen LogP contribution in [-0.4, -0.2) is 46.9 Å². The molecule has 1 saturated heterocycles. The van der Waals surface area contributed by atoms with Crippen molar-refractivity contribution in [2.45, 2.75) is 33.1 Å². The molecule has 2 aromatic heterocycles. The van der Waals surface area contributed by atoms with E-state index in [0.717, 1.165) is 49.3 Å². The molecule has 1 N–H and O–H groups in total. The average Bonchev–Trinajstić information content (AvgIpc) is 2.96. The van der Waals surface area contributed by atoms with Crippen LogP contribution in [0.4, 0.5) is 0 Å². The van der Waals surface area contributed by atoms with Gasteiger partial charge >= 0.3 is 0 Å². The van der Waals surface area contributed by atoms with Crippen LogP contribution >= 0.6 is 24.0 Å². The van der Waals surface area contributed by atoms with Crippen molar-refractivity contribution in [2.24, 2.45) is 10.9 Å². The fourth-order valence-corrected chi connectivity index (χ4v) is 3.34. The Hall–Kier alpha value is -1.31. The third-order valence-electron chi connectivity index (χ3n) is 4.56. The minimum absolute atomic E-state index is 0. The zero-order chi connectivity index (χ0) is 16.2. The minimum Gasteiger partial charge on any atom is -0.356 e. The number of hydrogen-bond acceptors (Lipinski definition) is 2. The van der Waals surface area contributed by atoms with Crippen molar-refractivity contribution < 1.29 is 0 Å². The van der Waals surface area contributed by atoms with Gasteiger partial charge in [-0.15, -0.1) is 24.0 Å². The smallest absolute Gasteiger partial charge is 0.193 e. The first-order valence-electron chi connectivity index (χ1n) is 8.56. The van der Waals surface area contributed by atoms with Crippen molar-refractivity contribution in [3.05, 3.63) is 35.8 Å². The molecule has 1 atom stereocenters. The molecule has 6 heteroatoms. The molecule has 0 spiro atoms. The fraction of sp³-hybridized carbons (Fsp3) is 0.556. The lowest BCUT2D eigenvalue weighted by Crippen LogP contribution is -2.46. The van der Waals surface area contributed by atoms with Crippen molar-refractivity contribution in [1.82, 2.24) is 19.6 Å². The molecular weight excluding hydrogens is 413 g/mol. The molecule has 1 aliphatic heterocycles. The predicted octanol–water partition coefficient (Wildman–Crippen LogP) is 3.11. The number of fused-ring (bicyclic) bond motifs is 1. The number of nitrogens with one attached hydrogen (secondary N) is 1. The number of rotatable bonds is 3. The van der Waals surface area contributed by atoms with E-state index in [1.807, 2.05) is 7.05 Å². The van der Waals surface area contributed by atoms with Gasteiger partial charge in [0, 0.05) is 45.5 Å². The molecule has 0 radical (unpaired) electrons. The van der Waals surface area contributed by atoms with Gasteiger partial charge < -0.3 is 14.6 Å². The SMILES string of the molecule is CN=C(NCCc1cn2cccc(C)c2n1)N1CCCC(C)C1.I. The summed E-state index contributed by atoms with van der Waals surface area (Å²) in [6.07, 6.45) is 7.67. The van der Waals surface area contributed by atoms with Crippen molar-refractivity contribution >= 4 is 35.6 Å². The first-order chi connectivity index (χ1) is 11.2. The van der Waals surface area contributed by atoms with Gasteiger partial charge in [-0.3, -0.25) is 4.99 Å². The molecule has 0 bridgehead atoms. The first kappa shape index (κ1) is 19.0. The van der Waals surface area contributed by atoms with Crippen LogP contribution in [0.2, 0.25) is 0 Å². The maximum absolute atomic E-state index is 4.73. The van der Waals surface area contributed by atoms with E-state index in [0.29, 0.717) is 0 Å². The van der Waals surface area contributed by atoms with Crippen LogP contribution < -0.4 is 5.32 Å². The number of nitrogens with zero attached hydrogens (tertiary/aromatic N) is 4. The summed E-state index contributed by atoms with van der Waals surface area (Å²) >= 11 is 0. The second kappa shape index (κ2) is 8.69. The van der Waals surface area contributed by atoms with E-state index in [4.69, 9.17) is 4.98 Å². The number of hydrogen-bond donors (Lipinski definition) is 1. The maximum atomic E-state index is 4.73. The summed E-state index contributed by atoms with van der Waals surface area (Å²) < 4.78 is 2.10. The van der Waals surface area contributed by atoms with Crippen LogP contribution in [0.5, 0.6) is 0 Å². The predicted molar refractivity (Wildman–Crippen MR) is 110 cm³/mol. The third-order valence-corrected chi connectivity index (χ3v) is 4.56. The van der Waals surface area contributed by atoms with Crippen LogP contribution in [0.25, 0.3) is 5.65 Å². The van der Waals surface area contributed by atoms with Crippen molar-refractivity contribution in [3.63, 3.8) is 0 Å².